The summed E-state index contributed by atoms with van der Waals surface area (Å²) in [7, 11) is 0. The highest BCUT2D eigenvalue weighted by Gasteiger charge is 2.28. The standard InChI is InChI=1S/C9H18O2/c10-7-3-1-2-4-9(11)8-5-6-8/h8-11H,1-7H2. The Hall–Kier alpha value is -0.0800. The van der Waals surface area contributed by atoms with Gasteiger partial charge < -0.3 is 10.2 Å². The van der Waals surface area contributed by atoms with E-state index < -0.39 is 0 Å². The van der Waals surface area contributed by atoms with Gasteiger partial charge in [0, 0.05) is 6.61 Å². The van der Waals surface area contributed by atoms with Crippen LogP contribution in [0, 0.1) is 5.92 Å². The van der Waals surface area contributed by atoms with Crippen molar-refractivity contribution in [1.82, 2.24) is 0 Å². The SMILES string of the molecule is OCCCCCC(O)C1CC1. The van der Waals surface area contributed by atoms with Gasteiger partial charge in [0.05, 0.1) is 6.10 Å². The summed E-state index contributed by atoms with van der Waals surface area (Å²) in [5.74, 6) is 0.615. The predicted molar refractivity (Wildman–Crippen MR) is 44.3 cm³/mol. The van der Waals surface area contributed by atoms with E-state index >= 15 is 0 Å². The molecule has 0 aliphatic heterocycles. The third-order valence-corrected chi connectivity index (χ3v) is 2.32. The van der Waals surface area contributed by atoms with Crippen LogP contribution in [0.25, 0.3) is 0 Å². The molecule has 0 aromatic rings. The second-order valence-corrected chi connectivity index (χ2v) is 3.48. The van der Waals surface area contributed by atoms with Crippen molar-refractivity contribution in [3.8, 4) is 0 Å². The van der Waals surface area contributed by atoms with Gasteiger partial charge >= 0.3 is 0 Å². The average Bonchev–Trinajstić information content (AvgIpc) is 2.79. The Labute approximate surface area is 68.2 Å². The number of unbranched alkanes of at least 4 members (excludes halogenated alkanes) is 2. The second kappa shape index (κ2) is 4.73. The molecule has 1 unspecified atom stereocenters. The van der Waals surface area contributed by atoms with Gasteiger partial charge in [0.25, 0.3) is 0 Å². The lowest BCUT2D eigenvalue weighted by molar-refractivity contribution is 0.137. The minimum Gasteiger partial charge on any atom is -0.396 e. The fraction of sp³-hybridized carbons (Fsp3) is 1.00. The van der Waals surface area contributed by atoms with E-state index in [2.05, 4.69) is 0 Å². The van der Waals surface area contributed by atoms with Gasteiger partial charge in [-0.3, -0.25) is 0 Å². The zero-order valence-corrected chi connectivity index (χ0v) is 7.00. The fourth-order valence-corrected chi connectivity index (χ4v) is 1.36. The Morgan fingerprint density at radius 1 is 1.18 bits per heavy atom. The van der Waals surface area contributed by atoms with Crippen LogP contribution in [0.15, 0.2) is 0 Å². The molecule has 0 spiro atoms. The lowest BCUT2D eigenvalue weighted by Gasteiger charge is -2.07. The molecule has 0 saturated heterocycles. The van der Waals surface area contributed by atoms with Gasteiger partial charge in [-0.1, -0.05) is 12.8 Å². The summed E-state index contributed by atoms with van der Waals surface area (Å²) in [5, 5.41) is 17.9. The molecule has 1 saturated carbocycles. The van der Waals surface area contributed by atoms with Gasteiger partial charge in [-0.05, 0) is 31.6 Å². The monoisotopic (exact) mass is 158 g/mol. The molecule has 0 bridgehead atoms. The minimum absolute atomic E-state index is 0.0475. The highest BCUT2D eigenvalue weighted by atomic mass is 16.3. The molecule has 0 heterocycles. The summed E-state index contributed by atoms with van der Waals surface area (Å²) in [4.78, 5) is 0. The van der Waals surface area contributed by atoms with E-state index in [9.17, 15) is 5.11 Å². The summed E-state index contributed by atoms with van der Waals surface area (Å²) in [5.41, 5.74) is 0. The molecule has 2 N–H and O–H groups in total. The van der Waals surface area contributed by atoms with E-state index in [0.29, 0.717) is 12.5 Å². The first-order valence-corrected chi connectivity index (χ1v) is 4.63. The minimum atomic E-state index is -0.0475. The molecule has 1 fully saturated rings. The molecule has 0 aromatic carbocycles. The van der Waals surface area contributed by atoms with Crippen LogP contribution < -0.4 is 0 Å². The third-order valence-electron chi connectivity index (χ3n) is 2.32. The van der Waals surface area contributed by atoms with Gasteiger partial charge in [-0.15, -0.1) is 0 Å². The summed E-state index contributed by atoms with van der Waals surface area (Å²) in [6, 6.07) is 0. The van der Waals surface area contributed by atoms with Crippen molar-refractivity contribution in [3.05, 3.63) is 0 Å². The molecule has 2 nitrogen and oxygen atoms in total. The smallest absolute Gasteiger partial charge is 0.0568 e. The molecule has 2 heteroatoms. The van der Waals surface area contributed by atoms with Crippen molar-refractivity contribution in [2.45, 2.75) is 44.6 Å². The predicted octanol–water partition coefficient (Wildman–Crippen LogP) is 1.31. The van der Waals surface area contributed by atoms with Crippen molar-refractivity contribution in [1.29, 1.82) is 0 Å². The first kappa shape index (κ1) is 9.01. The Morgan fingerprint density at radius 2 is 1.91 bits per heavy atom. The topological polar surface area (TPSA) is 40.5 Å². The van der Waals surface area contributed by atoms with Gasteiger partial charge in [-0.25, -0.2) is 0 Å². The largest absolute Gasteiger partial charge is 0.396 e. The number of rotatable bonds is 6. The van der Waals surface area contributed by atoms with Crippen LogP contribution in [0.3, 0.4) is 0 Å². The third kappa shape index (κ3) is 3.73. The lowest BCUT2D eigenvalue weighted by atomic mass is 10.1. The first-order valence-electron chi connectivity index (χ1n) is 4.63. The molecular weight excluding hydrogens is 140 g/mol. The van der Waals surface area contributed by atoms with Gasteiger partial charge in [0.1, 0.15) is 0 Å². The molecule has 1 rings (SSSR count). The van der Waals surface area contributed by atoms with Crippen LogP contribution >= 0.6 is 0 Å². The molecule has 0 amide bonds. The highest BCUT2D eigenvalue weighted by molar-refractivity contribution is 4.80. The van der Waals surface area contributed by atoms with E-state index in [0.717, 1.165) is 25.7 Å². The summed E-state index contributed by atoms with van der Waals surface area (Å²) < 4.78 is 0. The zero-order valence-electron chi connectivity index (χ0n) is 7.00. The molecule has 0 aromatic heterocycles. The molecule has 1 aliphatic rings. The summed E-state index contributed by atoms with van der Waals surface area (Å²) in [6.07, 6.45) is 6.34. The van der Waals surface area contributed by atoms with Crippen molar-refractivity contribution in [2.24, 2.45) is 5.92 Å². The molecule has 1 atom stereocenters. The Kier molecular flexibility index (Phi) is 3.87. The van der Waals surface area contributed by atoms with Gasteiger partial charge in [0.2, 0.25) is 0 Å². The maximum atomic E-state index is 9.43. The molecule has 66 valence electrons. The summed E-state index contributed by atoms with van der Waals surface area (Å²) >= 11 is 0. The number of hydrogen-bond acceptors (Lipinski definition) is 2. The molecule has 0 radical (unpaired) electrons. The van der Waals surface area contributed by atoms with Crippen molar-refractivity contribution in [3.63, 3.8) is 0 Å². The van der Waals surface area contributed by atoms with Crippen LogP contribution in [0.1, 0.15) is 38.5 Å². The summed E-state index contributed by atoms with van der Waals surface area (Å²) in [6.45, 7) is 0.291. The Balaban J connectivity index is 1.85. The van der Waals surface area contributed by atoms with Gasteiger partial charge in [-0.2, -0.15) is 0 Å². The maximum Gasteiger partial charge on any atom is 0.0568 e. The first-order chi connectivity index (χ1) is 5.34. The normalized spacial score (nSPS) is 20.2. The van der Waals surface area contributed by atoms with Crippen LogP contribution in [-0.2, 0) is 0 Å². The van der Waals surface area contributed by atoms with Crippen LogP contribution in [-0.4, -0.2) is 22.9 Å². The zero-order chi connectivity index (χ0) is 8.10. The van der Waals surface area contributed by atoms with Crippen LogP contribution in [0.5, 0.6) is 0 Å². The second-order valence-electron chi connectivity index (χ2n) is 3.48. The quantitative estimate of drug-likeness (QED) is 0.572. The van der Waals surface area contributed by atoms with Crippen molar-refractivity contribution in [2.75, 3.05) is 6.61 Å². The van der Waals surface area contributed by atoms with E-state index in [1.54, 1.807) is 0 Å². The number of hydrogen-bond donors (Lipinski definition) is 2. The van der Waals surface area contributed by atoms with Gasteiger partial charge in [0.15, 0.2) is 0 Å². The molecule has 11 heavy (non-hydrogen) atoms. The van der Waals surface area contributed by atoms with E-state index in [1.807, 2.05) is 0 Å². The fourth-order valence-electron chi connectivity index (χ4n) is 1.36. The van der Waals surface area contributed by atoms with E-state index in [4.69, 9.17) is 5.11 Å². The van der Waals surface area contributed by atoms with Crippen LogP contribution in [0.2, 0.25) is 0 Å². The lowest BCUT2D eigenvalue weighted by Crippen LogP contribution is -2.08. The maximum absolute atomic E-state index is 9.43. The van der Waals surface area contributed by atoms with E-state index in [1.165, 1.54) is 12.8 Å². The Morgan fingerprint density at radius 3 is 2.45 bits per heavy atom. The van der Waals surface area contributed by atoms with Crippen molar-refractivity contribution >= 4 is 0 Å². The van der Waals surface area contributed by atoms with Crippen LogP contribution in [0.4, 0.5) is 0 Å². The molecular formula is C9H18O2. The highest BCUT2D eigenvalue weighted by Crippen LogP contribution is 2.34. The number of aliphatic hydroxyl groups excluding tert-OH is 2. The van der Waals surface area contributed by atoms with Crippen molar-refractivity contribution < 1.29 is 10.2 Å². The van der Waals surface area contributed by atoms with E-state index in [-0.39, 0.29) is 6.10 Å². The molecule has 1 aliphatic carbocycles. The number of aliphatic hydroxyl groups is 2. The average molecular weight is 158 g/mol. The Bertz CT molecular complexity index is 99.7.